The molecule has 0 radical (unpaired) electrons. The van der Waals surface area contributed by atoms with E-state index in [1.165, 1.54) is 11.3 Å². The Morgan fingerprint density at radius 1 is 1.17 bits per heavy atom. The molecule has 0 N–H and O–H groups in total. The van der Waals surface area contributed by atoms with E-state index in [0.717, 1.165) is 23.1 Å². The van der Waals surface area contributed by atoms with Crippen molar-refractivity contribution in [2.75, 3.05) is 0 Å². The molecule has 0 fully saturated rings. The van der Waals surface area contributed by atoms with Crippen LogP contribution < -0.4 is 0 Å². The van der Waals surface area contributed by atoms with Crippen molar-refractivity contribution in [2.45, 2.75) is 40.2 Å². The molecule has 2 nitrogen and oxygen atoms in total. The van der Waals surface area contributed by atoms with Crippen LogP contribution in [0.5, 0.6) is 0 Å². The lowest BCUT2D eigenvalue weighted by atomic mass is 10.2. The van der Waals surface area contributed by atoms with Crippen molar-refractivity contribution in [3.8, 4) is 0 Å². The van der Waals surface area contributed by atoms with Crippen LogP contribution in [-0.2, 0) is 6.54 Å². The fourth-order valence-corrected chi connectivity index (χ4v) is 2.22. The average Bonchev–Trinajstić information content (AvgIpc) is 2.60. The number of imidazole rings is 1. The van der Waals surface area contributed by atoms with Crippen LogP contribution in [0.25, 0.3) is 0 Å². The summed E-state index contributed by atoms with van der Waals surface area (Å²) in [4.78, 5) is 4.66. The number of aryl methyl sites for hydroxylation is 1. The van der Waals surface area contributed by atoms with E-state index in [1.54, 1.807) is 0 Å². The van der Waals surface area contributed by atoms with Gasteiger partial charge in [0.15, 0.2) is 0 Å². The molecule has 0 unspecified atom stereocenters. The zero-order chi connectivity index (χ0) is 13.3. The Morgan fingerprint density at radius 3 is 2.33 bits per heavy atom. The molecule has 0 saturated heterocycles. The number of hydrogen-bond acceptors (Lipinski definition) is 1. The van der Waals surface area contributed by atoms with E-state index in [0.29, 0.717) is 5.92 Å². The molecule has 0 atom stereocenters. The summed E-state index contributed by atoms with van der Waals surface area (Å²) < 4.78 is 2.29. The summed E-state index contributed by atoms with van der Waals surface area (Å²) in [6, 6.07) is 8.01. The van der Waals surface area contributed by atoms with Crippen LogP contribution in [-0.4, -0.2) is 9.55 Å². The van der Waals surface area contributed by atoms with Gasteiger partial charge in [0.25, 0.3) is 0 Å². The SMILES string of the molecule is Cc1nc(C(C)C)n(Cc2ccc(Cl)cc2)c1C. The number of hydrogen-bond donors (Lipinski definition) is 0. The van der Waals surface area contributed by atoms with Crippen LogP contribution >= 0.6 is 11.6 Å². The maximum Gasteiger partial charge on any atom is 0.112 e. The minimum atomic E-state index is 0.435. The summed E-state index contributed by atoms with van der Waals surface area (Å²) in [6.07, 6.45) is 0. The molecule has 0 saturated carbocycles. The molecule has 0 bridgehead atoms. The highest BCUT2D eigenvalue weighted by Gasteiger charge is 2.13. The van der Waals surface area contributed by atoms with Crippen LogP contribution in [0.2, 0.25) is 5.02 Å². The van der Waals surface area contributed by atoms with E-state index in [9.17, 15) is 0 Å². The lowest BCUT2D eigenvalue weighted by Gasteiger charge is -2.12. The van der Waals surface area contributed by atoms with Gasteiger partial charge in [0.1, 0.15) is 5.82 Å². The van der Waals surface area contributed by atoms with E-state index < -0.39 is 0 Å². The van der Waals surface area contributed by atoms with Crippen LogP contribution in [0.3, 0.4) is 0 Å². The third kappa shape index (κ3) is 2.59. The van der Waals surface area contributed by atoms with Crippen molar-refractivity contribution in [3.05, 3.63) is 52.1 Å². The van der Waals surface area contributed by atoms with Crippen LogP contribution in [0.1, 0.15) is 42.5 Å². The summed E-state index contributed by atoms with van der Waals surface area (Å²) >= 11 is 5.91. The monoisotopic (exact) mass is 262 g/mol. The first-order chi connectivity index (χ1) is 8.49. The lowest BCUT2D eigenvalue weighted by Crippen LogP contribution is -2.08. The van der Waals surface area contributed by atoms with Gasteiger partial charge in [0.2, 0.25) is 0 Å². The predicted molar refractivity (Wildman–Crippen MR) is 76.3 cm³/mol. The lowest BCUT2D eigenvalue weighted by molar-refractivity contribution is 0.657. The Bertz CT molecular complexity index is 538. The summed E-state index contributed by atoms with van der Waals surface area (Å²) in [5.41, 5.74) is 3.61. The third-order valence-electron chi connectivity index (χ3n) is 3.26. The number of rotatable bonds is 3. The van der Waals surface area contributed by atoms with Crippen molar-refractivity contribution < 1.29 is 0 Å². The van der Waals surface area contributed by atoms with E-state index in [1.807, 2.05) is 12.1 Å². The topological polar surface area (TPSA) is 17.8 Å². The number of halogens is 1. The summed E-state index contributed by atoms with van der Waals surface area (Å²) in [5, 5.41) is 0.779. The van der Waals surface area contributed by atoms with E-state index in [4.69, 9.17) is 11.6 Å². The molecule has 18 heavy (non-hydrogen) atoms. The normalized spacial score (nSPS) is 11.2. The van der Waals surface area contributed by atoms with Crippen molar-refractivity contribution in [1.82, 2.24) is 9.55 Å². The zero-order valence-electron chi connectivity index (χ0n) is 11.4. The number of nitrogens with zero attached hydrogens (tertiary/aromatic N) is 2. The smallest absolute Gasteiger partial charge is 0.112 e. The quantitative estimate of drug-likeness (QED) is 0.805. The Labute approximate surface area is 114 Å². The first-order valence-electron chi connectivity index (χ1n) is 6.27. The largest absolute Gasteiger partial charge is 0.327 e. The highest BCUT2D eigenvalue weighted by molar-refractivity contribution is 6.30. The second-order valence-corrected chi connectivity index (χ2v) is 5.44. The first-order valence-corrected chi connectivity index (χ1v) is 6.65. The maximum absolute atomic E-state index is 5.91. The molecule has 0 amide bonds. The highest BCUT2D eigenvalue weighted by atomic mass is 35.5. The van der Waals surface area contributed by atoms with Gasteiger partial charge in [-0.3, -0.25) is 0 Å². The first kappa shape index (κ1) is 13.2. The Hall–Kier alpha value is -1.28. The Kier molecular flexibility index (Phi) is 3.76. The minimum Gasteiger partial charge on any atom is -0.327 e. The van der Waals surface area contributed by atoms with Crippen molar-refractivity contribution in [3.63, 3.8) is 0 Å². The van der Waals surface area contributed by atoms with Gasteiger partial charge < -0.3 is 4.57 Å². The van der Waals surface area contributed by atoms with Crippen LogP contribution in [0.4, 0.5) is 0 Å². The fourth-order valence-electron chi connectivity index (χ4n) is 2.09. The van der Waals surface area contributed by atoms with Gasteiger partial charge in [-0.05, 0) is 31.5 Å². The summed E-state index contributed by atoms with van der Waals surface area (Å²) in [7, 11) is 0. The number of aromatic nitrogens is 2. The van der Waals surface area contributed by atoms with E-state index in [2.05, 4.69) is 49.4 Å². The Morgan fingerprint density at radius 2 is 1.78 bits per heavy atom. The van der Waals surface area contributed by atoms with Gasteiger partial charge in [-0.2, -0.15) is 0 Å². The molecule has 3 heteroatoms. The molecular weight excluding hydrogens is 244 g/mol. The van der Waals surface area contributed by atoms with Gasteiger partial charge >= 0.3 is 0 Å². The molecule has 0 aliphatic carbocycles. The second kappa shape index (κ2) is 5.15. The highest BCUT2D eigenvalue weighted by Crippen LogP contribution is 2.20. The zero-order valence-corrected chi connectivity index (χ0v) is 12.1. The predicted octanol–water partition coefficient (Wildman–Crippen LogP) is 4.33. The average molecular weight is 263 g/mol. The standard InChI is InChI=1S/C15H19ClN2/c1-10(2)15-17-11(3)12(4)18(15)9-13-5-7-14(16)8-6-13/h5-8,10H,9H2,1-4H3. The second-order valence-electron chi connectivity index (χ2n) is 5.01. The van der Waals surface area contributed by atoms with E-state index in [-0.39, 0.29) is 0 Å². The molecule has 0 aliphatic heterocycles. The minimum absolute atomic E-state index is 0.435. The van der Waals surface area contributed by atoms with Crippen molar-refractivity contribution >= 4 is 11.6 Å². The molecule has 0 aliphatic rings. The summed E-state index contributed by atoms with van der Waals surface area (Å²) in [6.45, 7) is 9.42. The molecule has 2 aromatic rings. The van der Waals surface area contributed by atoms with Crippen LogP contribution in [0.15, 0.2) is 24.3 Å². The molecule has 1 heterocycles. The van der Waals surface area contributed by atoms with Crippen molar-refractivity contribution in [2.24, 2.45) is 0 Å². The molecule has 96 valence electrons. The van der Waals surface area contributed by atoms with Gasteiger partial charge in [-0.25, -0.2) is 4.98 Å². The maximum atomic E-state index is 5.91. The van der Waals surface area contributed by atoms with Gasteiger partial charge in [-0.1, -0.05) is 37.6 Å². The molecule has 2 rings (SSSR count). The van der Waals surface area contributed by atoms with Gasteiger partial charge in [0, 0.05) is 23.2 Å². The molecule has 0 spiro atoms. The van der Waals surface area contributed by atoms with E-state index >= 15 is 0 Å². The summed E-state index contributed by atoms with van der Waals surface area (Å²) in [5.74, 6) is 1.59. The molecule has 1 aromatic carbocycles. The molecular formula is C15H19ClN2. The fraction of sp³-hybridized carbons (Fsp3) is 0.400. The van der Waals surface area contributed by atoms with Gasteiger partial charge in [0.05, 0.1) is 5.69 Å². The van der Waals surface area contributed by atoms with Crippen LogP contribution in [0, 0.1) is 13.8 Å². The number of benzene rings is 1. The third-order valence-corrected chi connectivity index (χ3v) is 3.51. The Balaban J connectivity index is 2.36. The van der Waals surface area contributed by atoms with Crippen molar-refractivity contribution in [1.29, 1.82) is 0 Å². The molecule has 1 aromatic heterocycles. The van der Waals surface area contributed by atoms with Gasteiger partial charge in [-0.15, -0.1) is 0 Å².